The summed E-state index contributed by atoms with van der Waals surface area (Å²) in [5.41, 5.74) is -0.608. The summed E-state index contributed by atoms with van der Waals surface area (Å²) in [6.45, 7) is 0.0209. The van der Waals surface area contributed by atoms with Gasteiger partial charge in [-0.3, -0.25) is 24.1 Å². The van der Waals surface area contributed by atoms with E-state index in [1.165, 1.54) is 36.4 Å². The minimum atomic E-state index is -2.12. The molecular weight excluding hydrogens is 437 g/mol. The van der Waals surface area contributed by atoms with Crippen molar-refractivity contribution in [2.75, 3.05) is 0 Å². The fourth-order valence-electron chi connectivity index (χ4n) is 5.45. The monoisotopic (exact) mass is 455 g/mol. The van der Waals surface area contributed by atoms with Crippen LogP contribution in [0.4, 0.5) is 4.39 Å². The second-order valence-corrected chi connectivity index (χ2v) is 8.78. The van der Waals surface area contributed by atoms with Crippen LogP contribution in [0.15, 0.2) is 78.9 Å². The van der Waals surface area contributed by atoms with Crippen molar-refractivity contribution in [2.45, 2.75) is 18.2 Å². The van der Waals surface area contributed by atoms with Gasteiger partial charge >= 0.3 is 0 Å². The molecule has 0 saturated carbocycles. The molecule has 3 aromatic rings. The molecule has 0 aromatic heterocycles. The molecule has 0 radical (unpaired) electrons. The Hall–Kier alpha value is -3.97. The van der Waals surface area contributed by atoms with Gasteiger partial charge in [0, 0.05) is 11.1 Å². The molecule has 168 valence electrons. The number of ether oxygens (including phenoxy) is 1. The number of benzene rings is 3. The molecular formula is C27H18FNO5. The van der Waals surface area contributed by atoms with Gasteiger partial charge in [0.2, 0.25) is 29.0 Å². The van der Waals surface area contributed by atoms with Crippen LogP contribution in [0.5, 0.6) is 0 Å². The second kappa shape index (κ2) is 7.27. The topological polar surface area (TPSA) is 80.8 Å². The Bertz CT molecular complexity index is 1330. The Labute approximate surface area is 193 Å². The Morgan fingerprint density at radius 1 is 0.765 bits per heavy atom. The SMILES string of the molecule is O=C1C2C(c3ccc(F)cc3)OC3(C(=O)c4ccccc4C3=O)C2C(=O)N1Cc1ccccc1. The first-order chi connectivity index (χ1) is 16.4. The molecule has 3 aliphatic rings. The van der Waals surface area contributed by atoms with Gasteiger partial charge in [0.1, 0.15) is 5.82 Å². The number of fused-ring (bicyclic) bond motifs is 3. The molecule has 0 bridgehead atoms. The number of imide groups is 1. The Kier molecular flexibility index (Phi) is 4.41. The van der Waals surface area contributed by atoms with Crippen molar-refractivity contribution in [3.05, 3.63) is 107 Å². The van der Waals surface area contributed by atoms with E-state index in [4.69, 9.17) is 4.74 Å². The van der Waals surface area contributed by atoms with Crippen LogP contribution in [-0.4, -0.2) is 33.9 Å². The van der Waals surface area contributed by atoms with E-state index in [1.54, 1.807) is 36.4 Å². The number of nitrogens with zero attached hydrogens (tertiary/aromatic N) is 1. The Morgan fingerprint density at radius 2 is 1.35 bits per heavy atom. The van der Waals surface area contributed by atoms with Crippen molar-refractivity contribution in [3.8, 4) is 0 Å². The average Bonchev–Trinajstić information content (AvgIpc) is 3.41. The van der Waals surface area contributed by atoms with E-state index in [1.807, 2.05) is 6.07 Å². The normalized spacial score (nSPS) is 24.7. The predicted molar refractivity (Wildman–Crippen MR) is 117 cm³/mol. The highest BCUT2D eigenvalue weighted by Crippen LogP contribution is 2.57. The first kappa shape index (κ1) is 20.6. The van der Waals surface area contributed by atoms with Crippen LogP contribution in [0.1, 0.15) is 37.9 Å². The van der Waals surface area contributed by atoms with E-state index in [9.17, 15) is 23.6 Å². The molecule has 1 aliphatic carbocycles. The van der Waals surface area contributed by atoms with Gasteiger partial charge in [-0.1, -0.05) is 66.7 Å². The first-order valence-electron chi connectivity index (χ1n) is 10.9. The highest BCUT2D eigenvalue weighted by molar-refractivity contribution is 6.35. The fraction of sp³-hybridized carbons (Fsp3) is 0.185. The first-order valence-corrected chi connectivity index (χ1v) is 10.9. The third kappa shape index (κ3) is 2.64. The van der Waals surface area contributed by atoms with Gasteiger partial charge in [-0.15, -0.1) is 0 Å². The molecule has 3 unspecified atom stereocenters. The molecule has 2 fully saturated rings. The summed E-state index contributed by atoms with van der Waals surface area (Å²) in [5, 5.41) is 0. The zero-order valence-electron chi connectivity index (χ0n) is 17.8. The van der Waals surface area contributed by atoms with Gasteiger partial charge in [0.05, 0.1) is 24.5 Å². The molecule has 3 aromatic carbocycles. The summed E-state index contributed by atoms with van der Waals surface area (Å²) >= 11 is 0. The molecule has 2 amide bonds. The van der Waals surface area contributed by atoms with Gasteiger partial charge < -0.3 is 4.74 Å². The van der Waals surface area contributed by atoms with E-state index in [-0.39, 0.29) is 17.7 Å². The highest BCUT2D eigenvalue weighted by atomic mass is 19.1. The third-order valence-electron chi connectivity index (χ3n) is 6.99. The Morgan fingerprint density at radius 3 is 1.97 bits per heavy atom. The van der Waals surface area contributed by atoms with Crippen LogP contribution in [0.25, 0.3) is 0 Å². The van der Waals surface area contributed by atoms with Crippen LogP contribution < -0.4 is 0 Å². The zero-order chi connectivity index (χ0) is 23.6. The van der Waals surface area contributed by atoms with E-state index in [2.05, 4.69) is 0 Å². The van der Waals surface area contributed by atoms with Crippen molar-refractivity contribution in [1.29, 1.82) is 0 Å². The van der Waals surface area contributed by atoms with E-state index in [0.717, 1.165) is 10.5 Å². The zero-order valence-corrected chi connectivity index (χ0v) is 17.8. The lowest BCUT2D eigenvalue weighted by atomic mass is 9.77. The molecule has 34 heavy (non-hydrogen) atoms. The van der Waals surface area contributed by atoms with Crippen molar-refractivity contribution in [3.63, 3.8) is 0 Å². The minimum absolute atomic E-state index is 0.0209. The van der Waals surface area contributed by atoms with Crippen molar-refractivity contribution in [1.82, 2.24) is 4.90 Å². The number of amides is 2. The lowest BCUT2D eigenvalue weighted by Crippen LogP contribution is -2.50. The van der Waals surface area contributed by atoms with Gasteiger partial charge in [0.25, 0.3) is 0 Å². The molecule has 6 rings (SSSR count). The van der Waals surface area contributed by atoms with Crippen LogP contribution in [-0.2, 0) is 20.9 Å². The molecule has 7 heteroatoms. The number of likely N-dealkylation sites (tertiary alicyclic amines) is 1. The maximum Gasteiger partial charge on any atom is 0.237 e. The van der Waals surface area contributed by atoms with Gasteiger partial charge in [-0.2, -0.15) is 0 Å². The minimum Gasteiger partial charge on any atom is -0.349 e. The number of hydrogen-bond acceptors (Lipinski definition) is 5. The summed E-state index contributed by atoms with van der Waals surface area (Å²) in [4.78, 5) is 55.7. The van der Waals surface area contributed by atoms with Crippen LogP contribution >= 0.6 is 0 Å². The summed E-state index contributed by atoms with van der Waals surface area (Å²) in [6, 6.07) is 20.7. The average molecular weight is 455 g/mol. The molecule has 2 heterocycles. The highest BCUT2D eigenvalue weighted by Gasteiger charge is 2.74. The van der Waals surface area contributed by atoms with Crippen LogP contribution in [0, 0.1) is 17.7 Å². The van der Waals surface area contributed by atoms with Crippen LogP contribution in [0.3, 0.4) is 0 Å². The van der Waals surface area contributed by atoms with E-state index >= 15 is 0 Å². The van der Waals surface area contributed by atoms with Gasteiger partial charge in [0.15, 0.2) is 0 Å². The molecule has 0 N–H and O–H groups in total. The lowest BCUT2D eigenvalue weighted by molar-refractivity contribution is -0.145. The second-order valence-electron chi connectivity index (χ2n) is 8.78. The molecule has 2 saturated heterocycles. The molecule has 6 nitrogen and oxygen atoms in total. The predicted octanol–water partition coefficient (Wildman–Crippen LogP) is 3.52. The Balaban J connectivity index is 1.49. The maximum absolute atomic E-state index is 13.7. The fourth-order valence-corrected chi connectivity index (χ4v) is 5.45. The molecule has 2 aliphatic heterocycles. The number of ketones is 2. The molecule has 1 spiro atoms. The number of hydrogen-bond donors (Lipinski definition) is 0. The maximum atomic E-state index is 13.7. The van der Waals surface area contributed by atoms with Crippen molar-refractivity contribution in [2.24, 2.45) is 11.8 Å². The summed E-state index contributed by atoms with van der Waals surface area (Å²) in [7, 11) is 0. The van der Waals surface area contributed by atoms with E-state index in [0.29, 0.717) is 5.56 Å². The summed E-state index contributed by atoms with van der Waals surface area (Å²) < 4.78 is 19.8. The number of carbonyl (C=O) groups is 4. The largest absolute Gasteiger partial charge is 0.349 e. The van der Waals surface area contributed by atoms with Crippen molar-refractivity contribution < 1.29 is 28.3 Å². The number of Topliss-reactive ketones (excluding diaryl/α,β-unsaturated/α-hetero) is 2. The lowest BCUT2D eigenvalue weighted by Gasteiger charge is -2.27. The van der Waals surface area contributed by atoms with E-state index < -0.39 is 52.7 Å². The van der Waals surface area contributed by atoms with Gasteiger partial charge in [-0.05, 0) is 23.3 Å². The number of rotatable bonds is 3. The smallest absolute Gasteiger partial charge is 0.237 e. The summed E-state index contributed by atoms with van der Waals surface area (Å²) in [6.07, 6.45) is -1.05. The number of carbonyl (C=O) groups excluding carboxylic acids is 4. The quantitative estimate of drug-likeness (QED) is 0.446. The molecule has 3 atom stereocenters. The van der Waals surface area contributed by atoms with Crippen molar-refractivity contribution >= 4 is 23.4 Å². The van der Waals surface area contributed by atoms with Gasteiger partial charge in [-0.25, -0.2) is 4.39 Å². The van der Waals surface area contributed by atoms with Crippen LogP contribution in [0.2, 0.25) is 0 Å². The third-order valence-corrected chi connectivity index (χ3v) is 6.99. The summed E-state index contributed by atoms with van der Waals surface area (Å²) in [5.74, 6) is -5.21. The standard InChI is InChI=1S/C27H18FNO5/c28-17-12-10-16(11-13-17)22-20-21(26(33)29(25(20)32)14-15-6-2-1-3-7-15)27(34-22)23(30)18-8-4-5-9-19(18)24(27)31/h1-13,20-22H,14H2. The number of halogens is 1.